The number of carbonyl (C=O) groups is 3. The molecular formula is C34H51NO7. The van der Waals surface area contributed by atoms with E-state index < -0.39 is 5.97 Å². The van der Waals surface area contributed by atoms with Gasteiger partial charge in [0.2, 0.25) is 0 Å². The Morgan fingerprint density at radius 1 is 0.714 bits per heavy atom. The predicted octanol–water partition coefficient (Wildman–Crippen LogP) is 6.46. The number of carboxylic acids is 1. The van der Waals surface area contributed by atoms with E-state index >= 15 is 0 Å². The van der Waals surface area contributed by atoms with Gasteiger partial charge < -0.3 is 25.4 Å². The standard InChI is InChI=1S/C19H29NO4.C15H22O3/c1-3-4-5-6-7-17(14-21)15-8-10-16(11-9-15)19(23)20-13-12-18(22)24-2;1-2-3-4-5-6-14(11-16)12-7-9-13(10-8-12)15(17)18/h8-11,17,21H,3-7,12-14H2,1-2H3,(H,20,23);7-10,14,16H,2-6,11H2,1H3,(H,17,18). The highest BCUT2D eigenvalue weighted by atomic mass is 16.5. The molecule has 2 aromatic carbocycles. The number of methoxy groups -OCH3 is 1. The largest absolute Gasteiger partial charge is 0.478 e. The predicted molar refractivity (Wildman–Crippen MR) is 166 cm³/mol. The van der Waals surface area contributed by atoms with Gasteiger partial charge in [-0.05, 0) is 48.2 Å². The van der Waals surface area contributed by atoms with Crippen LogP contribution in [0.3, 0.4) is 0 Å². The molecule has 0 saturated heterocycles. The number of nitrogens with one attached hydrogen (secondary N) is 1. The van der Waals surface area contributed by atoms with Crippen molar-refractivity contribution < 1.29 is 34.4 Å². The van der Waals surface area contributed by atoms with Gasteiger partial charge in [-0.3, -0.25) is 9.59 Å². The molecule has 42 heavy (non-hydrogen) atoms. The summed E-state index contributed by atoms with van der Waals surface area (Å²) in [6.45, 7) is 4.85. The summed E-state index contributed by atoms with van der Waals surface area (Å²) < 4.78 is 4.53. The lowest BCUT2D eigenvalue weighted by Crippen LogP contribution is -2.26. The molecule has 0 aliphatic carbocycles. The van der Waals surface area contributed by atoms with Crippen LogP contribution in [-0.2, 0) is 9.53 Å². The Hall–Kier alpha value is -3.23. The second-order valence-corrected chi connectivity index (χ2v) is 10.6. The van der Waals surface area contributed by atoms with Crippen molar-refractivity contribution in [3.8, 4) is 0 Å². The molecule has 234 valence electrons. The third-order valence-electron chi connectivity index (χ3n) is 7.37. The number of ether oxygens (including phenoxy) is 1. The number of carbonyl (C=O) groups excluding carboxylic acids is 2. The maximum absolute atomic E-state index is 12.0. The molecule has 2 atom stereocenters. The fourth-order valence-electron chi connectivity index (χ4n) is 4.65. The van der Waals surface area contributed by atoms with Crippen LogP contribution in [0, 0.1) is 0 Å². The Balaban J connectivity index is 0.000000437. The summed E-state index contributed by atoms with van der Waals surface area (Å²) in [4.78, 5) is 33.8. The monoisotopic (exact) mass is 585 g/mol. The van der Waals surface area contributed by atoms with Crippen molar-refractivity contribution in [2.45, 2.75) is 96.3 Å². The van der Waals surface area contributed by atoms with Crippen molar-refractivity contribution in [2.24, 2.45) is 0 Å². The van der Waals surface area contributed by atoms with E-state index in [1.165, 1.54) is 45.6 Å². The van der Waals surface area contributed by atoms with Gasteiger partial charge in [0.25, 0.3) is 5.91 Å². The van der Waals surface area contributed by atoms with Crippen LogP contribution < -0.4 is 5.32 Å². The van der Waals surface area contributed by atoms with Crippen molar-refractivity contribution in [1.29, 1.82) is 0 Å². The second-order valence-electron chi connectivity index (χ2n) is 10.6. The topological polar surface area (TPSA) is 133 Å². The van der Waals surface area contributed by atoms with Crippen LogP contribution in [0.15, 0.2) is 48.5 Å². The first-order valence-electron chi connectivity index (χ1n) is 15.3. The average Bonchev–Trinajstić information content (AvgIpc) is 3.01. The van der Waals surface area contributed by atoms with Crippen molar-refractivity contribution in [3.05, 3.63) is 70.8 Å². The fourth-order valence-corrected chi connectivity index (χ4v) is 4.65. The molecule has 0 aliphatic rings. The first kappa shape index (κ1) is 36.8. The lowest BCUT2D eigenvalue weighted by molar-refractivity contribution is -0.140. The lowest BCUT2D eigenvalue weighted by Gasteiger charge is -2.15. The summed E-state index contributed by atoms with van der Waals surface area (Å²) in [7, 11) is 1.32. The van der Waals surface area contributed by atoms with E-state index in [1.807, 2.05) is 24.3 Å². The molecule has 0 fully saturated rings. The molecule has 1 amide bonds. The summed E-state index contributed by atoms with van der Waals surface area (Å²) in [5.41, 5.74) is 2.92. The van der Waals surface area contributed by atoms with Crippen LogP contribution >= 0.6 is 0 Å². The molecule has 8 heteroatoms. The molecule has 0 heterocycles. The normalized spacial score (nSPS) is 12.0. The van der Waals surface area contributed by atoms with Gasteiger partial charge in [0.1, 0.15) is 0 Å². The zero-order chi connectivity index (χ0) is 31.2. The number of aromatic carboxylic acids is 1. The number of hydrogen-bond donors (Lipinski definition) is 4. The molecule has 2 rings (SSSR count). The lowest BCUT2D eigenvalue weighted by atomic mass is 9.93. The molecule has 0 saturated carbocycles. The van der Waals surface area contributed by atoms with Gasteiger partial charge in [0, 0.05) is 37.2 Å². The highest BCUT2D eigenvalue weighted by Gasteiger charge is 2.13. The third kappa shape index (κ3) is 14.6. The van der Waals surface area contributed by atoms with Gasteiger partial charge in [-0.25, -0.2) is 4.79 Å². The van der Waals surface area contributed by atoms with E-state index in [0.717, 1.165) is 36.8 Å². The van der Waals surface area contributed by atoms with E-state index in [-0.39, 0.29) is 49.9 Å². The molecule has 0 radical (unpaired) electrons. The van der Waals surface area contributed by atoms with Crippen molar-refractivity contribution in [3.63, 3.8) is 0 Å². The quantitative estimate of drug-likeness (QED) is 0.110. The molecule has 0 aliphatic heterocycles. The number of amides is 1. The van der Waals surface area contributed by atoms with E-state index in [1.54, 1.807) is 24.3 Å². The Morgan fingerprint density at radius 3 is 1.55 bits per heavy atom. The zero-order valence-electron chi connectivity index (χ0n) is 25.6. The van der Waals surface area contributed by atoms with E-state index in [0.29, 0.717) is 11.1 Å². The van der Waals surface area contributed by atoms with Crippen molar-refractivity contribution in [1.82, 2.24) is 5.32 Å². The van der Waals surface area contributed by atoms with Crippen molar-refractivity contribution >= 4 is 17.8 Å². The van der Waals surface area contributed by atoms with Crippen molar-refractivity contribution in [2.75, 3.05) is 26.9 Å². The Morgan fingerprint density at radius 2 is 1.17 bits per heavy atom. The number of aliphatic hydroxyl groups excluding tert-OH is 2. The fraction of sp³-hybridized carbons (Fsp3) is 0.559. The van der Waals surface area contributed by atoms with Crippen LogP contribution in [0.2, 0.25) is 0 Å². The number of aliphatic hydroxyl groups is 2. The van der Waals surface area contributed by atoms with E-state index in [2.05, 4.69) is 23.9 Å². The Labute approximate surface area is 251 Å². The molecule has 0 spiro atoms. The van der Waals surface area contributed by atoms with Crippen LogP contribution in [0.4, 0.5) is 0 Å². The molecule has 8 nitrogen and oxygen atoms in total. The Bertz CT molecular complexity index is 1020. The number of benzene rings is 2. The number of unbranched alkanes of at least 4 members (excludes halogenated alkanes) is 6. The molecule has 4 N–H and O–H groups in total. The van der Waals surface area contributed by atoms with Gasteiger partial charge >= 0.3 is 11.9 Å². The Kier molecular flexibility index (Phi) is 19.6. The maximum atomic E-state index is 12.0. The average molecular weight is 586 g/mol. The SMILES string of the molecule is CCCCCCC(CO)c1ccc(C(=O)NCCC(=O)OC)cc1.CCCCCCC(CO)c1ccc(C(=O)O)cc1. The highest BCUT2D eigenvalue weighted by Crippen LogP contribution is 2.24. The second kappa shape index (κ2) is 22.4. The van der Waals surface area contributed by atoms with Crippen LogP contribution in [0.25, 0.3) is 0 Å². The number of esters is 1. The van der Waals surface area contributed by atoms with E-state index in [4.69, 9.17) is 5.11 Å². The first-order chi connectivity index (χ1) is 20.3. The van der Waals surface area contributed by atoms with Crippen LogP contribution in [0.5, 0.6) is 0 Å². The zero-order valence-corrected chi connectivity index (χ0v) is 25.6. The summed E-state index contributed by atoms with van der Waals surface area (Å²) in [6.07, 6.45) is 11.5. The number of carboxylic acid groups (broad SMARTS) is 1. The molecule has 0 aromatic heterocycles. The third-order valence-corrected chi connectivity index (χ3v) is 7.37. The molecule has 2 aromatic rings. The summed E-state index contributed by atoms with van der Waals surface area (Å²) >= 11 is 0. The van der Waals surface area contributed by atoms with E-state index in [9.17, 15) is 24.6 Å². The minimum Gasteiger partial charge on any atom is -0.478 e. The van der Waals surface area contributed by atoms with Gasteiger partial charge in [0.15, 0.2) is 0 Å². The minimum atomic E-state index is -0.912. The molecule has 0 bridgehead atoms. The molecular weight excluding hydrogens is 534 g/mol. The van der Waals surface area contributed by atoms with Crippen LogP contribution in [0.1, 0.15) is 128 Å². The summed E-state index contributed by atoms with van der Waals surface area (Å²) in [6, 6.07) is 14.1. The summed E-state index contributed by atoms with van der Waals surface area (Å²) in [5, 5.41) is 30.5. The minimum absolute atomic E-state index is 0.122. The van der Waals surface area contributed by atoms with Gasteiger partial charge in [-0.1, -0.05) is 89.5 Å². The first-order valence-corrected chi connectivity index (χ1v) is 15.3. The smallest absolute Gasteiger partial charge is 0.335 e. The van der Waals surface area contributed by atoms with Gasteiger partial charge in [0.05, 0.1) is 19.1 Å². The number of hydrogen-bond acceptors (Lipinski definition) is 6. The number of rotatable bonds is 19. The van der Waals surface area contributed by atoms with Gasteiger partial charge in [-0.2, -0.15) is 0 Å². The highest BCUT2D eigenvalue weighted by molar-refractivity contribution is 5.94. The molecule has 2 unspecified atom stereocenters. The van der Waals surface area contributed by atoms with Gasteiger partial charge in [-0.15, -0.1) is 0 Å². The van der Waals surface area contributed by atoms with Crippen LogP contribution in [-0.4, -0.2) is 60.0 Å². The summed E-state index contributed by atoms with van der Waals surface area (Å²) in [5.74, 6) is -1.22. The maximum Gasteiger partial charge on any atom is 0.335 e.